The molecule has 7 amide bonds. The van der Waals surface area contributed by atoms with Crippen LogP contribution in [-0.4, -0.2) is 156 Å². The Kier molecular flexibility index (Phi) is 14.3. The minimum Gasteiger partial charge on any atom is -0.356 e. The summed E-state index contributed by atoms with van der Waals surface area (Å²) < 4.78 is 10.3. The number of hydrogen-bond donors (Lipinski definition) is 7. The van der Waals surface area contributed by atoms with Gasteiger partial charge in [0.05, 0.1) is 13.1 Å². The highest BCUT2D eigenvalue weighted by atomic mass is 16.7. The predicted molar refractivity (Wildman–Crippen MR) is 198 cm³/mol. The van der Waals surface area contributed by atoms with Gasteiger partial charge in [-0.25, -0.2) is 4.79 Å². The summed E-state index contributed by atoms with van der Waals surface area (Å²) in [7, 11) is 0. The van der Waals surface area contributed by atoms with Crippen LogP contribution in [0.4, 0.5) is 4.79 Å². The van der Waals surface area contributed by atoms with E-state index in [0.717, 1.165) is 22.3 Å². The number of aryl methyl sites for hydroxylation is 1. The molecule has 0 aliphatic carbocycles. The Balaban J connectivity index is 0.956. The molecule has 5 rings (SSSR count). The summed E-state index contributed by atoms with van der Waals surface area (Å²) in [5.74, 6) is -8.40. The predicted octanol–water partition coefficient (Wildman–Crippen LogP) is -3.08. The first-order valence-corrected chi connectivity index (χ1v) is 18.5. The summed E-state index contributed by atoms with van der Waals surface area (Å²) in [6, 6.07) is 15.1. The number of nitrogens with two attached hydrogens (primary N) is 2. The summed E-state index contributed by atoms with van der Waals surface area (Å²) in [5, 5.41) is 28.9. The van der Waals surface area contributed by atoms with Crippen LogP contribution in [-0.2, 0) is 59.5 Å². The molecular weight excluding hydrogens is 730 g/mol. The fourth-order valence-corrected chi connectivity index (χ4v) is 6.29. The maximum Gasteiger partial charge on any atom is 0.317 e. The number of carbonyl (C=O) groups excluding carboxylic acids is 6. The van der Waals surface area contributed by atoms with E-state index in [1.54, 1.807) is 9.80 Å². The van der Waals surface area contributed by atoms with E-state index in [1.165, 1.54) is 9.80 Å². The van der Waals surface area contributed by atoms with Crippen LogP contribution in [0.2, 0.25) is 0 Å². The van der Waals surface area contributed by atoms with Crippen LogP contribution in [0, 0.1) is 0 Å². The summed E-state index contributed by atoms with van der Waals surface area (Å²) in [5.41, 5.74) is 15.2. The van der Waals surface area contributed by atoms with Gasteiger partial charge in [0.1, 0.15) is 13.2 Å². The topological polar surface area (TPSA) is 262 Å². The number of ether oxygens (including phenoxy) is 2. The largest absolute Gasteiger partial charge is 0.356 e. The van der Waals surface area contributed by atoms with Gasteiger partial charge in [-0.15, -0.1) is 0 Å². The highest BCUT2D eigenvalue weighted by Crippen LogP contribution is 2.23. The zero-order chi connectivity index (χ0) is 40.3. The number of aliphatic hydroxyl groups is 2. The number of benzene rings is 2. The fraction of sp³-hybridized carbons (Fsp3) is 0.514. The zero-order valence-corrected chi connectivity index (χ0v) is 31.2. The van der Waals surface area contributed by atoms with Crippen molar-refractivity contribution < 1.29 is 48.5 Å². The third-order valence-corrected chi connectivity index (χ3v) is 10.0. The molecule has 3 aliphatic heterocycles. The smallest absolute Gasteiger partial charge is 0.317 e. The van der Waals surface area contributed by atoms with Gasteiger partial charge in [0, 0.05) is 78.4 Å². The van der Waals surface area contributed by atoms with Crippen molar-refractivity contribution in [2.45, 2.75) is 44.1 Å². The minimum absolute atomic E-state index is 0.0240. The minimum atomic E-state index is -2.61. The van der Waals surface area contributed by atoms with Gasteiger partial charge in [0.2, 0.25) is 17.7 Å². The molecule has 3 heterocycles. The lowest BCUT2D eigenvalue weighted by Crippen LogP contribution is -2.65. The first kappa shape index (κ1) is 42.0. The summed E-state index contributed by atoms with van der Waals surface area (Å²) in [6.07, 6.45) is 0.913. The van der Waals surface area contributed by atoms with E-state index < -0.39 is 61.5 Å². The first-order valence-electron chi connectivity index (χ1n) is 18.5. The van der Waals surface area contributed by atoms with Crippen LogP contribution in [0.25, 0.3) is 0 Å². The third kappa shape index (κ3) is 11.0. The second-order valence-electron chi connectivity index (χ2n) is 13.8. The molecule has 3 aliphatic rings. The van der Waals surface area contributed by atoms with Gasteiger partial charge in [-0.3, -0.25) is 24.0 Å². The number of nitrogens with zero attached hydrogens (tertiary/aromatic N) is 4. The number of rotatable bonds is 13. The molecule has 19 heteroatoms. The normalized spacial score (nSPS) is 21.3. The van der Waals surface area contributed by atoms with Crippen LogP contribution in [0.5, 0.6) is 0 Å². The van der Waals surface area contributed by atoms with Gasteiger partial charge in [-0.1, -0.05) is 48.5 Å². The van der Waals surface area contributed by atoms with Gasteiger partial charge in [0.25, 0.3) is 23.4 Å². The van der Waals surface area contributed by atoms with Crippen LogP contribution < -0.4 is 27.4 Å². The fourth-order valence-electron chi connectivity index (χ4n) is 6.29. The lowest BCUT2D eigenvalue weighted by Gasteiger charge is -2.39. The molecule has 9 N–H and O–H groups in total. The lowest BCUT2D eigenvalue weighted by atomic mass is 10.1. The van der Waals surface area contributed by atoms with E-state index in [9.17, 15) is 39.0 Å². The number of nitrogens with one attached hydrogen (secondary N) is 3. The van der Waals surface area contributed by atoms with Crippen molar-refractivity contribution in [1.82, 2.24) is 35.6 Å². The van der Waals surface area contributed by atoms with Crippen LogP contribution in [0.15, 0.2) is 48.5 Å². The standard InChI is InChI=1S/C37H51N9O10/c38-19-27-3-1-26(2-4-27)9-10-30(47)43-11-13-44(14-12-43)31(48)22-40-33(50)36(53)24-56-37(54,25-55-36)34(51)41-23-32(49)45-15-17-46(18-16-45)35(52)42-21-29-7-5-28(20-39)6-8-29/h1-8,53-54H,9-25,38-39H2,(H,40,50)(H,41,51)(H,42,52)/t36-,37-/m0/s1. The highest BCUT2D eigenvalue weighted by Gasteiger charge is 2.51. The van der Waals surface area contributed by atoms with Crippen molar-refractivity contribution >= 4 is 35.6 Å². The number of urea groups is 1. The molecule has 2 atom stereocenters. The molecule has 56 heavy (non-hydrogen) atoms. The molecule has 0 aromatic heterocycles. The molecule has 2 aromatic rings. The first-order chi connectivity index (χ1) is 26.8. The SMILES string of the molecule is NCc1ccc(CCC(=O)N2CCN(C(=O)CNC(=O)[C@]3(O)CO[C@](O)(C(=O)NCC(=O)N4CCN(C(=O)NCc5ccc(CN)cc5)CC4)CO3)CC2)cc1. The van der Waals surface area contributed by atoms with Crippen molar-refractivity contribution in [2.75, 3.05) is 78.7 Å². The van der Waals surface area contributed by atoms with Gasteiger partial charge < -0.3 is 66.7 Å². The maximum absolute atomic E-state index is 12.8. The van der Waals surface area contributed by atoms with E-state index in [1.807, 2.05) is 48.5 Å². The van der Waals surface area contributed by atoms with Crippen molar-refractivity contribution in [3.63, 3.8) is 0 Å². The Bertz CT molecular complexity index is 1580. The van der Waals surface area contributed by atoms with Crippen LogP contribution >= 0.6 is 0 Å². The molecule has 304 valence electrons. The third-order valence-electron chi connectivity index (χ3n) is 10.0. The summed E-state index contributed by atoms with van der Waals surface area (Å²) >= 11 is 0. The molecule has 19 nitrogen and oxygen atoms in total. The molecule has 3 saturated heterocycles. The van der Waals surface area contributed by atoms with Gasteiger partial charge in [0.15, 0.2) is 0 Å². The molecule has 0 unspecified atom stereocenters. The molecule has 3 fully saturated rings. The second kappa shape index (κ2) is 19.1. The molecule has 2 aromatic carbocycles. The Morgan fingerprint density at radius 2 is 0.929 bits per heavy atom. The van der Waals surface area contributed by atoms with E-state index in [-0.39, 0.29) is 51.2 Å². The summed E-state index contributed by atoms with van der Waals surface area (Å²) in [4.78, 5) is 82.7. The van der Waals surface area contributed by atoms with Crippen molar-refractivity contribution in [2.24, 2.45) is 11.5 Å². The Labute approximate surface area is 324 Å². The monoisotopic (exact) mass is 781 g/mol. The van der Waals surface area contributed by atoms with Crippen molar-refractivity contribution in [1.29, 1.82) is 0 Å². The van der Waals surface area contributed by atoms with Crippen LogP contribution in [0.1, 0.15) is 28.7 Å². The number of piperazine rings is 2. The average Bonchev–Trinajstić information content (AvgIpc) is 3.24. The molecular formula is C37H51N9O10. The van der Waals surface area contributed by atoms with E-state index in [0.29, 0.717) is 45.6 Å². The van der Waals surface area contributed by atoms with E-state index in [4.69, 9.17) is 20.9 Å². The number of amides is 7. The van der Waals surface area contributed by atoms with Crippen molar-refractivity contribution in [3.8, 4) is 0 Å². The zero-order valence-electron chi connectivity index (χ0n) is 31.2. The lowest BCUT2D eigenvalue weighted by molar-refractivity contribution is -0.338. The maximum atomic E-state index is 12.8. The molecule has 0 saturated carbocycles. The second-order valence-corrected chi connectivity index (χ2v) is 13.8. The van der Waals surface area contributed by atoms with Gasteiger partial charge >= 0.3 is 6.03 Å². The average molecular weight is 782 g/mol. The van der Waals surface area contributed by atoms with E-state index >= 15 is 0 Å². The van der Waals surface area contributed by atoms with Gasteiger partial charge in [-0.05, 0) is 28.7 Å². The van der Waals surface area contributed by atoms with Gasteiger partial charge in [-0.2, -0.15) is 0 Å². The van der Waals surface area contributed by atoms with Crippen molar-refractivity contribution in [3.05, 3.63) is 70.8 Å². The Morgan fingerprint density at radius 3 is 1.34 bits per heavy atom. The molecule has 0 radical (unpaired) electrons. The Morgan fingerprint density at radius 1 is 0.554 bits per heavy atom. The quantitative estimate of drug-likeness (QED) is 0.107. The van der Waals surface area contributed by atoms with Crippen LogP contribution in [0.3, 0.4) is 0 Å². The molecule has 0 spiro atoms. The number of carbonyl (C=O) groups is 6. The summed E-state index contributed by atoms with van der Waals surface area (Å²) in [6.45, 7) is 0.532. The molecule has 0 bridgehead atoms. The highest BCUT2D eigenvalue weighted by molar-refractivity contribution is 5.90. The number of hydrogen-bond acceptors (Lipinski definition) is 12. The van der Waals surface area contributed by atoms with E-state index in [2.05, 4.69) is 16.0 Å². The Hall–Kier alpha value is -5.18.